The maximum atomic E-state index is 12.7. The number of β-lactam (4-membered cyclic amide) rings is 1. The van der Waals surface area contributed by atoms with Gasteiger partial charge in [0.1, 0.15) is 17.1 Å². The van der Waals surface area contributed by atoms with Gasteiger partial charge in [0, 0.05) is 17.0 Å². The number of thiazole rings is 1. The first-order chi connectivity index (χ1) is 15.5. The van der Waals surface area contributed by atoms with E-state index in [-0.39, 0.29) is 16.9 Å². The summed E-state index contributed by atoms with van der Waals surface area (Å²) >= 11 is -1.11. The molecule has 0 saturated carbocycles. The van der Waals surface area contributed by atoms with Crippen molar-refractivity contribution in [3.63, 3.8) is 0 Å². The molecule has 2 unspecified atom stereocenters. The molecule has 176 valence electrons. The molecule has 17 heteroatoms. The molecule has 2 aliphatic rings. The Morgan fingerprint density at radius 1 is 1.45 bits per heavy atom. The summed E-state index contributed by atoms with van der Waals surface area (Å²) in [4.78, 5) is 56.5. The van der Waals surface area contributed by atoms with E-state index < -0.39 is 81.8 Å². The van der Waals surface area contributed by atoms with Crippen molar-refractivity contribution in [3.8, 4) is 0 Å². The maximum absolute atomic E-state index is 12.7. The summed E-state index contributed by atoms with van der Waals surface area (Å²) in [6.07, 6.45) is -2.02. The highest BCUT2D eigenvalue weighted by Gasteiger charge is 2.61. The van der Waals surface area contributed by atoms with E-state index in [1.807, 2.05) is 0 Å². The van der Waals surface area contributed by atoms with Crippen LogP contribution in [0.4, 0.5) is 13.9 Å². The molecule has 3 atom stereocenters. The number of carboxylic acids is 2. The van der Waals surface area contributed by atoms with Crippen LogP contribution in [-0.4, -0.2) is 77.9 Å². The Labute approximate surface area is 189 Å². The predicted molar refractivity (Wildman–Crippen MR) is 107 cm³/mol. The number of oxime groups is 1. The number of nitrogens with two attached hydrogens (primary N) is 1. The fourth-order valence-corrected chi connectivity index (χ4v) is 5.19. The molecular weight excluding hydrogens is 492 g/mol. The molecule has 0 bridgehead atoms. The quantitative estimate of drug-likeness (QED) is 0.148. The molecule has 0 spiro atoms. The number of carboxylic acid groups (broad SMARTS) is 2. The Hall–Kier alpha value is -3.57. The minimum atomic E-state index is -2.23. The van der Waals surface area contributed by atoms with Gasteiger partial charge >= 0.3 is 11.9 Å². The van der Waals surface area contributed by atoms with Crippen LogP contribution < -0.4 is 11.1 Å². The van der Waals surface area contributed by atoms with Crippen molar-refractivity contribution in [1.82, 2.24) is 15.2 Å². The van der Waals surface area contributed by atoms with Crippen LogP contribution in [0.3, 0.4) is 0 Å². The van der Waals surface area contributed by atoms with Crippen LogP contribution in [0.5, 0.6) is 0 Å². The monoisotopic (exact) mass is 505 g/mol. The first kappa shape index (κ1) is 24.1. The number of anilines is 1. The first-order valence-electron chi connectivity index (χ1n) is 8.64. The Kier molecular flexibility index (Phi) is 6.94. The van der Waals surface area contributed by atoms with Crippen LogP contribution in [0, 0.1) is 0 Å². The van der Waals surface area contributed by atoms with E-state index in [1.165, 1.54) is 5.38 Å². The topological polar surface area (TPSA) is 208 Å². The molecule has 33 heavy (non-hydrogen) atoms. The van der Waals surface area contributed by atoms with E-state index in [4.69, 9.17) is 10.8 Å². The maximum Gasteiger partial charge on any atom is 0.353 e. The number of amides is 2. The lowest BCUT2D eigenvalue weighted by atomic mass is 10.0. The minimum Gasteiger partial charge on any atom is -0.614 e. The summed E-state index contributed by atoms with van der Waals surface area (Å²) in [5.74, 6) is -5.76. The number of carbonyl (C=O) groups is 4. The third-order valence-corrected chi connectivity index (χ3v) is 6.54. The van der Waals surface area contributed by atoms with Crippen LogP contribution in [0.2, 0.25) is 0 Å². The third-order valence-electron chi connectivity index (χ3n) is 4.25. The van der Waals surface area contributed by atoms with E-state index in [1.54, 1.807) is 0 Å². The molecule has 3 heterocycles. The minimum absolute atomic E-state index is 0.0416. The lowest BCUT2D eigenvalue weighted by molar-refractivity contribution is -0.150. The molecule has 2 amide bonds. The molecular formula is C16H13F2N5O8S2. The van der Waals surface area contributed by atoms with Gasteiger partial charge in [0.05, 0.1) is 0 Å². The van der Waals surface area contributed by atoms with Crippen LogP contribution in [-0.2, 0) is 35.2 Å². The highest BCUT2D eigenvalue weighted by Crippen LogP contribution is 2.37. The summed E-state index contributed by atoms with van der Waals surface area (Å²) in [5, 5.41) is 23.7. The van der Waals surface area contributed by atoms with Crippen molar-refractivity contribution in [2.75, 3.05) is 18.1 Å². The average Bonchev–Trinajstić information content (AvgIpc) is 3.13. The van der Waals surface area contributed by atoms with Crippen LogP contribution in [0.1, 0.15) is 5.69 Å². The summed E-state index contributed by atoms with van der Waals surface area (Å²) in [7, 11) is 0. The van der Waals surface area contributed by atoms with Gasteiger partial charge in [-0.05, 0) is 11.2 Å². The van der Waals surface area contributed by atoms with Crippen molar-refractivity contribution < 1.29 is 47.6 Å². The van der Waals surface area contributed by atoms with Gasteiger partial charge in [-0.3, -0.25) is 14.5 Å². The molecule has 3 rings (SSSR count). The van der Waals surface area contributed by atoms with Crippen LogP contribution in [0.25, 0.3) is 0 Å². The molecule has 13 nitrogen and oxygen atoms in total. The number of halogens is 2. The van der Waals surface area contributed by atoms with E-state index in [0.717, 1.165) is 11.3 Å². The van der Waals surface area contributed by atoms with E-state index in [9.17, 15) is 37.6 Å². The number of nitrogen functional groups attached to an aromatic ring is 1. The molecule has 0 aromatic carbocycles. The predicted octanol–water partition coefficient (Wildman–Crippen LogP) is -0.935. The zero-order valence-corrected chi connectivity index (χ0v) is 17.7. The third kappa shape index (κ3) is 4.94. The number of nitrogens with zero attached hydrogens (tertiary/aromatic N) is 3. The molecule has 1 aromatic rings. The number of allylic oxidation sites excluding steroid dienone is 1. The molecule has 1 aromatic heterocycles. The Morgan fingerprint density at radius 3 is 2.70 bits per heavy atom. The molecule has 0 aliphatic carbocycles. The molecule has 1 fully saturated rings. The summed E-state index contributed by atoms with van der Waals surface area (Å²) < 4.78 is 37.9. The standard InChI is InChI=1S/C16H13F2N5O8S2/c17-7(18)1-5-4-33(30)14-10(13(27)23(14)11(5)15(28)29)21-12(26)9(22-31-2-8(24)25)6-3-32-16(19)20-6/h1,3,10,14H,2,4H2,(H2,19,20)(H,21,26)(H,24,25)(H,28,29)/t10?,14-,33?/m0/s1. The van der Waals surface area contributed by atoms with Gasteiger partial charge in [-0.25, -0.2) is 14.6 Å². The first-order valence-corrected chi connectivity index (χ1v) is 10.9. The second-order valence-corrected chi connectivity index (χ2v) is 8.79. The lowest BCUT2D eigenvalue weighted by Gasteiger charge is -2.48. The fourth-order valence-electron chi connectivity index (χ4n) is 3.01. The van der Waals surface area contributed by atoms with Gasteiger partial charge in [0.2, 0.25) is 12.0 Å². The van der Waals surface area contributed by atoms with Gasteiger partial charge in [0.25, 0.3) is 17.9 Å². The van der Waals surface area contributed by atoms with Crippen molar-refractivity contribution in [3.05, 3.63) is 34.5 Å². The van der Waals surface area contributed by atoms with E-state index >= 15 is 0 Å². The largest absolute Gasteiger partial charge is 0.614 e. The molecule has 5 N–H and O–H groups in total. The van der Waals surface area contributed by atoms with Crippen LogP contribution in [0.15, 0.2) is 34.0 Å². The van der Waals surface area contributed by atoms with Crippen molar-refractivity contribution in [1.29, 1.82) is 0 Å². The van der Waals surface area contributed by atoms with Crippen LogP contribution >= 0.6 is 11.3 Å². The number of nitrogens with one attached hydrogen (secondary N) is 1. The number of rotatable bonds is 8. The summed E-state index contributed by atoms with van der Waals surface area (Å²) in [5.41, 5.74) is 3.59. The smallest absolute Gasteiger partial charge is 0.353 e. The fraction of sp³-hybridized carbons (Fsp3) is 0.250. The molecule has 0 radical (unpaired) electrons. The number of fused-ring (bicyclic) bond motifs is 1. The zero-order chi connectivity index (χ0) is 24.4. The van der Waals surface area contributed by atoms with E-state index in [0.29, 0.717) is 4.90 Å². The summed E-state index contributed by atoms with van der Waals surface area (Å²) in [6.45, 7) is -0.895. The highest BCUT2D eigenvalue weighted by atomic mass is 32.2. The lowest BCUT2D eigenvalue weighted by Crippen LogP contribution is -2.75. The highest BCUT2D eigenvalue weighted by molar-refractivity contribution is 7.92. The Morgan fingerprint density at radius 2 is 2.15 bits per heavy atom. The molecule has 2 aliphatic heterocycles. The van der Waals surface area contributed by atoms with Crippen molar-refractivity contribution in [2.24, 2.45) is 5.16 Å². The van der Waals surface area contributed by atoms with Gasteiger partial charge in [0.15, 0.2) is 16.9 Å². The van der Waals surface area contributed by atoms with Gasteiger partial charge in [-0.1, -0.05) is 5.16 Å². The van der Waals surface area contributed by atoms with Gasteiger partial charge < -0.3 is 30.7 Å². The van der Waals surface area contributed by atoms with Gasteiger partial charge in [-0.15, -0.1) is 11.3 Å². The second-order valence-electron chi connectivity index (χ2n) is 6.37. The number of hydrogen-bond acceptors (Lipinski definition) is 10. The summed E-state index contributed by atoms with van der Waals surface area (Å²) in [6, 6.07) is -1.48. The molecule has 1 saturated heterocycles. The number of hydrogen-bond donors (Lipinski definition) is 4. The number of aliphatic carboxylic acids is 2. The Bertz CT molecular complexity index is 1120. The van der Waals surface area contributed by atoms with Crippen molar-refractivity contribution >= 4 is 57.1 Å². The van der Waals surface area contributed by atoms with Crippen molar-refractivity contribution in [2.45, 2.75) is 11.4 Å². The zero-order valence-electron chi connectivity index (χ0n) is 16.1. The number of aromatic nitrogens is 1. The number of carbonyl (C=O) groups excluding carboxylic acids is 2. The normalized spacial score (nSPS) is 22.3. The second kappa shape index (κ2) is 9.51. The van der Waals surface area contributed by atoms with Gasteiger partial charge in [-0.2, -0.15) is 8.78 Å². The van der Waals surface area contributed by atoms with E-state index in [2.05, 4.69) is 20.3 Å². The average molecular weight is 505 g/mol. The SMILES string of the molecule is Nc1nc(C(=NOCC(=O)O)C(=O)NC2C(=O)N3C(C(=O)O)=C(C=C(F)F)C[S+]([O-])[C@@H]23)cs1. The Balaban J connectivity index is 1.86.